The number of likely N-dealkylation sites (tertiary alicyclic amines) is 1. The molecule has 4 aromatic rings. The van der Waals surface area contributed by atoms with Gasteiger partial charge in [0.1, 0.15) is 12.6 Å². The summed E-state index contributed by atoms with van der Waals surface area (Å²) in [5.74, 6) is 0.555. The third kappa shape index (κ3) is 5.34. The van der Waals surface area contributed by atoms with E-state index in [0.717, 1.165) is 40.1 Å². The summed E-state index contributed by atoms with van der Waals surface area (Å²) in [6.45, 7) is 4.58. The lowest BCUT2D eigenvalue weighted by Gasteiger charge is -2.35. The number of hydrogen-bond acceptors (Lipinski definition) is 5. The summed E-state index contributed by atoms with van der Waals surface area (Å²) in [5, 5.41) is 5.99. The highest BCUT2D eigenvalue weighted by molar-refractivity contribution is 9.10. The van der Waals surface area contributed by atoms with Crippen LogP contribution in [-0.2, 0) is 4.79 Å². The van der Waals surface area contributed by atoms with Crippen molar-refractivity contribution in [3.8, 4) is 11.4 Å². The zero-order valence-electron chi connectivity index (χ0n) is 20.3. The number of amides is 2. The summed E-state index contributed by atoms with van der Waals surface area (Å²) in [6, 6.07) is 20.7. The van der Waals surface area contributed by atoms with Gasteiger partial charge in [0, 0.05) is 28.7 Å². The van der Waals surface area contributed by atoms with E-state index in [9.17, 15) is 9.59 Å². The third-order valence-corrected chi connectivity index (χ3v) is 7.16. The molecule has 0 N–H and O–H groups in total. The molecular formula is C29H27BrN4O3. The monoisotopic (exact) mass is 558 g/mol. The first-order valence-corrected chi connectivity index (χ1v) is 13.1. The Labute approximate surface area is 223 Å². The topological polar surface area (TPSA) is 79.5 Å². The fourth-order valence-electron chi connectivity index (χ4n) is 4.79. The van der Waals surface area contributed by atoms with Crippen molar-refractivity contribution in [2.45, 2.75) is 25.3 Å². The second-order valence-corrected chi connectivity index (χ2v) is 9.98. The lowest BCUT2D eigenvalue weighted by molar-refractivity contribution is -0.136. The van der Waals surface area contributed by atoms with Gasteiger partial charge in [-0.25, -0.2) is 0 Å². The van der Waals surface area contributed by atoms with E-state index in [4.69, 9.17) is 4.52 Å². The van der Waals surface area contributed by atoms with Crippen molar-refractivity contribution in [2.24, 2.45) is 0 Å². The standard InChI is InChI=1S/C29H27BrN4O3/c1-2-17-33(29(36)24-11-7-9-20-8-3-4-10-23(20)24)19-26(35)34-18-6-5-12-25(34)28-31-27(32-37-28)21-13-15-22(30)16-14-21/h2-4,7-11,13-16,25H,1,5-6,12,17-19H2. The first-order valence-electron chi connectivity index (χ1n) is 12.3. The maximum atomic E-state index is 13.6. The molecule has 0 aliphatic carbocycles. The molecule has 1 saturated heterocycles. The van der Waals surface area contributed by atoms with Crippen molar-refractivity contribution in [1.29, 1.82) is 0 Å². The van der Waals surface area contributed by atoms with Crippen molar-refractivity contribution >= 4 is 38.5 Å². The largest absolute Gasteiger partial charge is 0.337 e. The Morgan fingerprint density at radius 1 is 1.08 bits per heavy atom. The SMILES string of the molecule is C=CCN(CC(=O)N1CCCCC1c1nc(-c2ccc(Br)cc2)no1)C(=O)c1cccc2ccccc12. The molecule has 0 saturated carbocycles. The summed E-state index contributed by atoms with van der Waals surface area (Å²) in [4.78, 5) is 35.1. The van der Waals surface area contributed by atoms with Crippen molar-refractivity contribution in [3.05, 3.63) is 95.3 Å². The van der Waals surface area contributed by atoms with Crippen LogP contribution < -0.4 is 0 Å². The number of benzene rings is 3. The minimum absolute atomic E-state index is 0.0573. The first kappa shape index (κ1) is 24.9. The molecule has 8 heteroatoms. The minimum atomic E-state index is -0.323. The Morgan fingerprint density at radius 2 is 1.86 bits per heavy atom. The molecule has 0 radical (unpaired) electrons. The van der Waals surface area contributed by atoms with Crippen molar-refractivity contribution in [1.82, 2.24) is 19.9 Å². The molecule has 0 bridgehead atoms. The smallest absolute Gasteiger partial charge is 0.255 e. The van der Waals surface area contributed by atoms with Crippen molar-refractivity contribution < 1.29 is 14.1 Å². The third-order valence-electron chi connectivity index (χ3n) is 6.64. The van der Waals surface area contributed by atoms with Gasteiger partial charge in [-0.1, -0.05) is 63.6 Å². The van der Waals surface area contributed by atoms with Crippen LogP contribution in [0.25, 0.3) is 22.2 Å². The number of rotatable bonds is 7. The molecule has 1 aromatic heterocycles. The van der Waals surface area contributed by atoms with Gasteiger partial charge in [0.05, 0.1) is 0 Å². The Hall–Kier alpha value is -3.78. The second-order valence-electron chi connectivity index (χ2n) is 9.06. The van der Waals surface area contributed by atoms with Crippen molar-refractivity contribution in [3.63, 3.8) is 0 Å². The van der Waals surface area contributed by atoms with Gasteiger partial charge >= 0.3 is 0 Å². The van der Waals surface area contributed by atoms with Crippen LogP contribution in [0.5, 0.6) is 0 Å². The summed E-state index contributed by atoms with van der Waals surface area (Å²) in [6.07, 6.45) is 4.21. The summed E-state index contributed by atoms with van der Waals surface area (Å²) >= 11 is 3.43. The Morgan fingerprint density at radius 3 is 2.68 bits per heavy atom. The van der Waals surface area contributed by atoms with E-state index in [2.05, 4.69) is 32.6 Å². The zero-order valence-corrected chi connectivity index (χ0v) is 21.9. The average molecular weight is 559 g/mol. The number of piperidine rings is 1. The number of aromatic nitrogens is 2. The predicted octanol–water partition coefficient (Wildman–Crippen LogP) is 6.03. The fraction of sp³-hybridized carbons (Fsp3) is 0.241. The number of fused-ring (bicyclic) bond motifs is 1. The number of halogens is 1. The van der Waals surface area contributed by atoms with E-state index in [1.165, 1.54) is 0 Å². The molecule has 37 heavy (non-hydrogen) atoms. The molecule has 1 aliphatic rings. The van der Waals surface area contributed by atoms with Gasteiger partial charge in [-0.3, -0.25) is 9.59 Å². The van der Waals surface area contributed by atoms with Crippen LogP contribution in [0.3, 0.4) is 0 Å². The number of hydrogen-bond donors (Lipinski definition) is 0. The molecular weight excluding hydrogens is 532 g/mol. The normalized spacial score (nSPS) is 15.5. The van der Waals surface area contributed by atoms with Crippen LogP contribution in [0.15, 0.2) is 88.4 Å². The van der Waals surface area contributed by atoms with Gasteiger partial charge in [-0.2, -0.15) is 4.98 Å². The summed E-state index contributed by atoms with van der Waals surface area (Å²) in [5.41, 5.74) is 1.41. The van der Waals surface area contributed by atoms with Gasteiger partial charge in [0.2, 0.25) is 17.6 Å². The van der Waals surface area contributed by atoms with Gasteiger partial charge < -0.3 is 14.3 Å². The highest BCUT2D eigenvalue weighted by Gasteiger charge is 2.33. The van der Waals surface area contributed by atoms with Crippen LogP contribution in [0.2, 0.25) is 0 Å². The Balaban J connectivity index is 1.37. The van der Waals surface area contributed by atoms with Gasteiger partial charge in [-0.05, 0) is 60.4 Å². The van der Waals surface area contributed by atoms with E-state index < -0.39 is 0 Å². The quantitative estimate of drug-likeness (QED) is 0.258. The zero-order chi connectivity index (χ0) is 25.8. The molecule has 1 unspecified atom stereocenters. The van der Waals surface area contributed by atoms with Crippen LogP contribution in [0.4, 0.5) is 0 Å². The molecule has 1 fully saturated rings. The van der Waals surface area contributed by atoms with Crippen LogP contribution in [0, 0.1) is 0 Å². The van der Waals surface area contributed by atoms with Gasteiger partial charge in [0.15, 0.2) is 0 Å². The lowest BCUT2D eigenvalue weighted by Crippen LogP contribution is -2.46. The number of carbonyl (C=O) groups is 2. The number of nitrogens with zero attached hydrogens (tertiary/aromatic N) is 4. The lowest BCUT2D eigenvalue weighted by atomic mass is 10.0. The maximum absolute atomic E-state index is 13.6. The molecule has 1 atom stereocenters. The number of carbonyl (C=O) groups excluding carboxylic acids is 2. The minimum Gasteiger partial charge on any atom is -0.337 e. The molecule has 1 aliphatic heterocycles. The van der Waals surface area contributed by atoms with E-state index in [0.29, 0.717) is 23.8 Å². The van der Waals surface area contributed by atoms with Crippen LogP contribution in [-0.4, -0.2) is 51.4 Å². The predicted molar refractivity (Wildman–Crippen MR) is 146 cm³/mol. The van der Waals surface area contributed by atoms with E-state index in [1.54, 1.807) is 21.9 Å². The summed E-state index contributed by atoms with van der Waals surface area (Å²) < 4.78 is 6.59. The van der Waals surface area contributed by atoms with Crippen LogP contribution in [0.1, 0.15) is 41.6 Å². The molecule has 3 aromatic carbocycles. The average Bonchev–Trinajstić information content (AvgIpc) is 3.43. The maximum Gasteiger partial charge on any atom is 0.255 e. The fourth-order valence-corrected chi connectivity index (χ4v) is 5.05. The van der Waals surface area contributed by atoms with Gasteiger partial charge in [0.25, 0.3) is 5.91 Å². The molecule has 5 rings (SSSR count). The molecule has 188 valence electrons. The first-order chi connectivity index (χ1) is 18.0. The Bertz CT molecular complexity index is 1430. The second kappa shape index (κ2) is 11.1. The highest BCUT2D eigenvalue weighted by atomic mass is 79.9. The van der Waals surface area contributed by atoms with Crippen molar-refractivity contribution in [2.75, 3.05) is 19.6 Å². The highest BCUT2D eigenvalue weighted by Crippen LogP contribution is 2.32. The van der Waals surface area contributed by atoms with E-state index >= 15 is 0 Å². The molecule has 2 heterocycles. The molecule has 0 spiro atoms. The molecule has 2 amide bonds. The van der Waals surface area contributed by atoms with Gasteiger partial charge in [-0.15, -0.1) is 6.58 Å². The van der Waals surface area contributed by atoms with Crippen LogP contribution >= 0.6 is 15.9 Å². The Kier molecular flexibility index (Phi) is 7.46. The summed E-state index contributed by atoms with van der Waals surface area (Å²) in [7, 11) is 0. The van der Waals surface area contributed by atoms with E-state index in [1.807, 2.05) is 60.7 Å². The van der Waals surface area contributed by atoms with E-state index in [-0.39, 0.29) is 30.9 Å². The molecule has 7 nitrogen and oxygen atoms in total.